The van der Waals surface area contributed by atoms with Gasteiger partial charge >= 0.3 is 0 Å². The van der Waals surface area contributed by atoms with E-state index in [9.17, 15) is 4.79 Å². The molecule has 148 valence electrons. The van der Waals surface area contributed by atoms with Gasteiger partial charge in [0.2, 0.25) is 0 Å². The van der Waals surface area contributed by atoms with E-state index in [-0.39, 0.29) is 5.91 Å². The fourth-order valence-electron chi connectivity index (χ4n) is 3.57. The van der Waals surface area contributed by atoms with Crippen LogP contribution < -0.4 is 15.5 Å². The number of ether oxygens (including phenoxy) is 1. The maximum Gasteiger partial charge on any atom is 0.291 e. The Labute approximate surface area is 169 Å². The minimum Gasteiger partial charge on any atom is -0.495 e. The predicted molar refractivity (Wildman–Crippen MR) is 114 cm³/mol. The van der Waals surface area contributed by atoms with Gasteiger partial charge in [-0.2, -0.15) is 5.10 Å². The van der Waals surface area contributed by atoms with Crippen molar-refractivity contribution in [3.8, 4) is 5.75 Å². The molecule has 0 unspecified atom stereocenters. The number of amides is 1. The Kier molecular flexibility index (Phi) is 5.33. The molecule has 29 heavy (non-hydrogen) atoms. The highest BCUT2D eigenvalue weighted by Gasteiger charge is 2.28. The first kappa shape index (κ1) is 18.8. The van der Waals surface area contributed by atoms with Gasteiger partial charge in [0.1, 0.15) is 11.5 Å². The third kappa shape index (κ3) is 3.87. The van der Waals surface area contributed by atoms with Gasteiger partial charge in [0.25, 0.3) is 5.91 Å². The van der Waals surface area contributed by atoms with E-state index < -0.39 is 0 Å². The van der Waals surface area contributed by atoms with E-state index in [1.54, 1.807) is 19.2 Å². The number of benzene rings is 2. The zero-order valence-corrected chi connectivity index (χ0v) is 16.5. The van der Waals surface area contributed by atoms with Crippen molar-refractivity contribution in [2.75, 3.05) is 17.9 Å². The van der Waals surface area contributed by atoms with E-state index in [2.05, 4.69) is 15.8 Å². The molecule has 6 nitrogen and oxygen atoms in total. The van der Waals surface area contributed by atoms with Crippen LogP contribution in [0, 0.1) is 6.92 Å². The highest BCUT2D eigenvalue weighted by atomic mass is 16.5. The van der Waals surface area contributed by atoms with Crippen LogP contribution >= 0.6 is 0 Å². The lowest BCUT2D eigenvalue weighted by Gasteiger charge is -2.13. The summed E-state index contributed by atoms with van der Waals surface area (Å²) in [6.45, 7) is 1.91. The number of rotatable bonds is 5. The summed E-state index contributed by atoms with van der Waals surface area (Å²) in [5.74, 6) is 1.43. The second-order valence-electron chi connectivity index (χ2n) is 6.90. The highest BCUT2D eigenvalue weighted by Crippen LogP contribution is 2.31. The fourth-order valence-corrected chi connectivity index (χ4v) is 3.57. The van der Waals surface area contributed by atoms with Gasteiger partial charge in [-0.3, -0.25) is 10.2 Å². The van der Waals surface area contributed by atoms with Gasteiger partial charge in [-0.1, -0.05) is 30.3 Å². The number of para-hydroxylation sites is 3. The van der Waals surface area contributed by atoms with Crippen molar-refractivity contribution in [3.63, 3.8) is 0 Å². The number of hydrogen-bond acceptors (Lipinski definition) is 5. The molecule has 1 aromatic heterocycles. The normalized spacial score (nSPS) is 14.3. The van der Waals surface area contributed by atoms with Crippen LogP contribution in [0.3, 0.4) is 0 Å². The van der Waals surface area contributed by atoms with E-state index in [0.29, 0.717) is 17.2 Å². The van der Waals surface area contributed by atoms with Crippen LogP contribution in [0.15, 0.2) is 64.1 Å². The van der Waals surface area contributed by atoms with E-state index in [1.165, 1.54) is 0 Å². The number of hydrogen-bond donors (Lipinski definition) is 2. The first-order chi connectivity index (χ1) is 14.2. The van der Waals surface area contributed by atoms with Gasteiger partial charge in [-0.15, -0.1) is 0 Å². The first-order valence-corrected chi connectivity index (χ1v) is 9.62. The summed E-state index contributed by atoms with van der Waals surface area (Å²) >= 11 is 0. The molecule has 0 saturated carbocycles. The molecule has 0 spiro atoms. The molecule has 0 radical (unpaired) electrons. The molecule has 2 N–H and O–H groups in total. The van der Waals surface area contributed by atoms with Gasteiger partial charge in [0, 0.05) is 17.5 Å². The maximum atomic E-state index is 12.9. The Morgan fingerprint density at radius 3 is 2.62 bits per heavy atom. The minimum atomic E-state index is -0.295. The Bertz CT molecular complexity index is 1050. The summed E-state index contributed by atoms with van der Waals surface area (Å²) in [6.07, 6.45) is 2.56. The molecule has 1 aliphatic rings. The van der Waals surface area contributed by atoms with Crippen LogP contribution in [-0.2, 0) is 6.42 Å². The quantitative estimate of drug-likeness (QED) is 0.602. The van der Waals surface area contributed by atoms with Crippen molar-refractivity contribution in [2.45, 2.75) is 26.2 Å². The molecule has 1 aliphatic carbocycles. The lowest BCUT2D eigenvalue weighted by Crippen LogP contribution is -2.14. The molecule has 1 amide bonds. The lowest BCUT2D eigenvalue weighted by molar-refractivity contribution is 0.0993. The number of carbonyl (C=O) groups is 1. The SMILES string of the molecule is COc1ccccc1NC(=O)c1oc2c(c1C)/C(=N/Nc1ccccc1)CCC2. The Hall–Kier alpha value is -3.54. The number of aryl methyl sites for hydroxylation is 1. The standard InChI is InChI=1S/C23H23N3O3/c1-15-21-18(26-25-16-9-4-3-5-10-16)12-8-14-20(21)29-22(15)23(27)24-17-11-6-7-13-19(17)28-2/h3-7,9-11,13,25H,8,12,14H2,1-2H3,(H,24,27)/b26-18+. The third-order valence-corrected chi connectivity index (χ3v) is 4.98. The number of carbonyl (C=O) groups excluding carboxylic acids is 1. The van der Waals surface area contributed by atoms with Gasteiger partial charge in [-0.05, 0) is 44.0 Å². The molecule has 1 heterocycles. The van der Waals surface area contributed by atoms with Crippen LogP contribution in [0.5, 0.6) is 5.75 Å². The topological polar surface area (TPSA) is 75.9 Å². The van der Waals surface area contributed by atoms with Gasteiger partial charge in [0.15, 0.2) is 5.76 Å². The molecular formula is C23H23N3O3. The molecule has 0 fully saturated rings. The van der Waals surface area contributed by atoms with Gasteiger partial charge in [0.05, 0.1) is 24.2 Å². The predicted octanol–water partition coefficient (Wildman–Crippen LogP) is 5.00. The maximum absolute atomic E-state index is 12.9. The van der Waals surface area contributed by atoms with Crippen molar-refractivity contribution in [1.82, 2.24) is 0 Å². The van der Waals surface area contributed by atoms with E-state index >= 15 is 0 Å². The largest absolute Gasteiger partial charge is 0.495 e. The fraction of sp³-hybridized carbons (Fsp3) is 0.217. The summed E-state index contributed by atoms with van der Waals surface area (Å²) in [4.78, 5) is 12.9. The summed E-state index contributed by atoms with van der Waals surface area (Å²) < 4.78 is 11.3. The Balaban J connectivity index is 1.61. The van der Waals surface area contributed by atoms with Crippen molar-refractivity contribution in [1.29, 1.82) is 0 Å². The van der Waals surface area contributed by atoms with E-state index in [1.807, 2.05) is 49.4 Å². The molecule has 0 saturated heterocycles. The minimum absolute atomic E-state index is 0.295. The summed E-state index contributed by atoms with van der Waals surface area (Å²) in [5, 5.41) is 7.48. The number of fused-ring (bicyclic) bond motifs is 1. The van der Waals surface area contributed by atoms with E-state index in [0.717, 1.165) is 47.5 Å². The van der Waals surface area contributed by atoms with Crippen LogP contribution in [0.1, 0.15) is 40.3 Å². The second kappa shape index (κ2) is 8.22. The second-order valence-corrected chi connectivity index (χ2v) is 6.90. The molecule has 4 rings (SSSR count). The number of nitrogens with one attached hydrogen (secondary N) is 2. The zero-order valence-electron chi connectivity index (χ0n) is 16.5. The summed E-state index contributed by atoms with van der Waals surface area (Å²) in [6, 6.07) is 17.1. The number of furan rings is 1. The number of hydrazone groups is 1. The number of nitrogens with zero attached hydrogens (tertiary/aromatic N) is 1. The molecule has 0 bridgehead atoms. The van der Waals surface area contributed by atoms with Crippen molar-refractivity contribution in [3.05, 3.63) is 77.2 Å². The monoisotopic (exact) mass is 389 g/mol. The van der Waals surface area contributed by atoms with E-state index in [4.69, 9.17) is 9.15 Å². The van der Waals surface area contributed by atoms with Crippen molar-refractivity contribution >= 4 is 23.0 Å². The first-order valence-electron chi connectivity index (χ1n) is 9.62. The zero-order chi connectivity index (χ0) is 20.2. The van der Waals surface area contributed by atoms with Crippen molar-refractivity contribution in [2.24, 2.45) is 5.10 Å². The Morgan fingerprint density at radius 1 is 1.07 bits per heavy atom. The average Bonchev–Trinajstić information content (AvgIpc) is 3.11. The highest BCUT2D eigenvalue weighted by molar-refractivity contribution is 6.09. The van der Waals surface area contributed by atoms with Gasteiger partial charge in [-0.25, -0.2) is 0 Å². The summed E-state index contributed by atoms with van der Waals surface area (Å²) in [7, 11) is 1.57. The molecule has 0 atom stereocenters. The Morgan fingerprint density at radius 2 is 1.83 bits per heavy atom. The molecular weight excluding hydrogens is 366 g/mol. The molecule has 3 aromatic rings. The molecule has 6 heteroatoms. The van der Waals surface area contributed by atoms with Crippen LogP contribution in [0.25, 0.3) is 0 Å². The third-order valence-electron chi connectivity index (χ3n) is 4.98. The van der Waals surface area contributed by atoms with Gasteiger partial charge < -0.3 is 14.5 Å². The van der Waals surface area contributed by atoms with Crippen LogP contribution in [0.4, 0.5) is 11.4 Å². The average molecular weight is 389 g/mol. The van der Waals surface area contributed by atoms with Crippen molar-refractivity contribution < 1.29 is 13.9 Å². The lowest BCUT2D eigenvalue weighted by atomic mass is 9.93. The summed E-state index contributed by atoms with van der Waals surface area (Å²) in [5.41, 5.74) is 7.28. The smallest absolute Gasteiger partial charge is 0.291 e. The number of anilines is 2. The van der Waals surface area contributed by atoms with Crippen LogP contribution in [-0.4, -0.2) is 18.7 Å². The van der Waals surface area contributed by atoms with Crippen LogP contribution in [0.2, 0.25) is 0 Å². The molecule has 2 aromatic carbocycles. The number of methoxy groups -OCH3 is 1. The molecule has 0 aliphatic heterocycles.